The Hall–Kier alpha value is -2.78. The number of hydrogen-bond acceptors (Lipinski definition) is 7. The van der Waals surface area contributed by atoms with Gasteiger partial charge in [-0.1, -0.05) is 12.2 Å². The van der Waals surface area contributed by atoms with E-state index in [0.717, 1.165) is 30.9 Å². The summed E-state index contributed by atoms with van der Waals surface area (Å²) in [4.78, 5) is 47.5. The summed E-state index contributed by atoms with van der Waals surface area (Å²) in [5.74, 6) is -1.80. The lowest BCUT2D eigenvalue weighted by Gasteiger charge is -2.37. The quantitative estimate of drug-likeness (QED) is 0.194. The van der Waals surface area contributed by atoms with Gasteiger partial charge in [0.05, 0.1) is 23.2 Å². The van der Waals surface area contributed by atoms with Crippen LogP contribution < -0.4 is 9.80 Å². The lowest BCUT2D eigenvalue weighted by molar-refractivity contribution is -0.154. The van der Waals surface area contributed by atoms with Crippen molar-refractivity contribution in [3.63, 3.8) is 0 Å². The summed E-state index contributed by atoms with van der Waals surface area (Å²) in [6, 6.07) is 7.26. The second kappa shape index (κ2) is 13.3. The molecule has 3 heterocycles. The van der Waals surface area contributed by atoms with Gasteiger partial charge in [-0.25, -0.2) is 0 Å². The first-order valence-corrected chi connectivity index (χ1v) is 15.4. The van der Waals surface area contributed by atoms with Gasteiger partial charge < -0.3 is 24.5 Å². The van der Waals surface area contributed by atoms with E-state index >= 15 is 0 Å². The predicted molar refractivity (Wildman–Crippen MR) is 160 cm³/mol. The number of aliphatic hydroxyl groups excluding tert-OH is 1. The van der Waals surface area contributed by atoms with Crippen molar-refractivity contribution in [2.45, 2.75) is 62.0 Å². The Morgan fingerprint density at radius 2 is 1.85 bits per heavy atom. The van der Waals surface area contributed by atoms with Crippen LogP contribution in [0.3, 0.4) is 0 Å². The molecule has 9 heteroatoms. The molecule has 1 aromatic rings. The number of carbonyl (C=O) groups excluding carboxylic acids is 3. The van der Waals surface area contributed by atoms with Crippen LogP contribution in [0.1, 0.15) is 46.0 Å². The van der Waals surface area contributed by atoms with Crippen molar-refractivity contribution in [3.8, 4) is 0 Å². The molecule has 0 radical (unpaired) electrons. The zero-order chi connectivity index (χ0) is 28.9. The summed E-state index contributed by atoms with van der Waals surface area (Å²) in [6.07, 6.45) is 6.54. The normalized spacial score (nSPS) is 26.5. The number of esters is 1. The molecule has 2 amide bonds. The molecule has 8 nitrogen and oxygen atoms in total. The number of rotatable bonds is 15. The van der Waals surface area contributed by atoms with Gasteiger partial charge in [0.25, 0.3) is 5.91 Å². The van der Waals surface area contributed by atoms with E-state index in [2.05, 4.69) is 31.9 Å². The molecule has 5 atom stereocenters. The van der Waals surface area contributed by atoms with E-state index in [4.69, 9.17) is 4.74 Å². The fraction of sp³-hybridized carbons (Fsp3) is 0.581. The number of nitrogens with zero attached hydrogens (tertiary/aromatic N) is 3. The van der Waals surface area contributed by atoms with Crippen LogP contribution in [0.2, 0.25) is 0 Å². The summed E-state index contributed by atoms with van der Waals surface area (Å²) >= 11 is 1.64. The molecule has 218 valence electrons. The number of fused-ring (bicyclic) bond motifs is 1. The number of likely N-dealkylation sites (tertiary alicyclic amines) is 1. The van der Waals surface area contributed by atoms with Crippen LogP contribution in [0.25, 0.3) is 0 Å². The summed E-state index contributed by atoms with van der Waals surface area (Å²) in [5, 5.41) is 9.36. The van der Waals surface area contributed by atoms with Gasteiger partial charge >= 0.3 is 5.97 Å². The van der Waals surface area contributed by atoms with Crippen LogP contribution in [0.15, 0.2) is 49.6 Å². The van der Waals surface area contributed by atoms with Crippen molar-refractivity contribution in [1.29, 1.82) is 0 Å². The Bertz CT molecular complexity index is 1090. The zero-order valence-electron chi connectivity index (χ0n) is 23.8. The van der Waals surface area contributed by atoms with Gasteiger partial charge in [0.2, 0.25) is 5.91 Å². The minimum atomic E-state index is -0.702. The van der Waals surface area contributed by atoms with Gasteiger partial charge in [-0.3, -0.25) is 14.4 Å². The van der Waals surface area contributed by atoms with E-state index in [9.17, 15) is 19.5 Å². The van der Waals surface area contributed by atoms with Crippen molar-refractivity contribution in [3.05, 3.63) is 49.6 Å². The number of aliphatic hydroxyl groups is 1. The molecule has 0 aromatic heterocycles. The van der Waals surface area contributed by atoms with Crippen molar-refractivity contribution in [1.82, 2.24) is 4.90 Å². The van der Waals surface area contributed by atoms with Crippen LogP contribution in [0.5, 0.6) is 0 Å². The molecule has 3 aliphatic heterocycles. The number of unbranched alkanes of at least 4 members (excludes halogenated alkanes) is 1. The van der Waals surface area contributed by atoms with Gasteiger partial charge in [-0.2, -0.15) is 0 Å². The van der Waals surface area contributed by atoms with Gasteiger partial charge in [0, 0.05) is 49.4 Å². The lowest BCUT2D eigenvalue weighted by atomic mass is 9.71. The molecular formula is C31H43N3O5S. The maximum Gasteiger partial charge on any atom is 0.310 e. The van der Waals surface area contributed by atoms with E-state index in [1.54, 1.807) is 33.7 Å². The molecule has 1 N–H and O–H groups in total. The fourth-order valence-electron chi connectivity index (χ4n) is 6.71. The highest BCUT2D eigenvalue weighted by Gasteiger charge is 2.74. The minimum absolute atomic E-state index is 0.0196. The number of hydrogen-bond donors (Lipinski definition) is 1. The van der Waals surface area contributed by atoms with Crippen molar-refractivity contribution >= 4 is 40.9 Å². The van der Waals surface area contributed by atoms with E-state index in [0.29, 0.717) is 38.8 Å². The second-order valence-corrected chi connectivity index (χ2v) is 12.3. The number of thioether (sulfide) groups is 1. The third kappa shape index (κ3) is 5.42. The van der Waals surface area contributed by atoms with Gasteiger partial charge in [0.15, 0.2) is 0 Å². The van der Waals surface area contributed by atoms with Crippen LogP contribution in [0.4, 0.5) is 11.4 Å². The molecule has 2 bridgehead atoms. The second-order valence-electron chi connectivity index (χ2n) is 10.7. The summed E-state index contributed by atoms with van der Waals surface area (Å²) in [7, 11) is 0. The zero-order valence-corrected chi connectivity index (χ0v) is 24.6. The highest BCUT2D eigenvalue weighted by molar-refractivity contribution is 8.02. The van der Waals surface area contributed by atoms with Crippen LogP contribution >= 0.6 is 11.8 Å². The smallest absolute Gasteiger partial charge is 0.310 e. The molecule has 3 aliphatic rings. The van der Waals surface area contributed by atoms with E-state index in [1.165, 1.54) is 0 Å². The largest absolute Gasteiger partial charge is 0.465 e. The molecule has 2 unspecified atom stereocenters. The van der Waals surface area contributed by atoms with Gasteiger partial charge in [-0.15, -0.1) is 24.9 Å². The third-order valence-electron chi connectivity index (χ3n) is 8.55. The minimum Gasteiger partial charge on any atom is -0.465 e. The van der Waals surface area contributed by atoms with Crippen LogP contribution in [-0.2, 0) is 19.1 Å². The van der Waals surface area contributed by atoms with E-state index in [-0.39, 0.29) is 36.2 Å². The highest BCUT2D eigenvalue weighted by Crippen LogP contribution is 2.66. The number of benzene rings is 1. The molecule has 0 saturated carbocycles. The van der Waals surface area contributed by atoms with Crippen molar-refractivity contribution in [2.24, 2.45) is 11.8 Å². The van der Waals surface area contributed by atoms with Crippen molar-refractivity contribution in [2.75, 3.05) is 49.2 Å². The molecule has 0 aliphatic carbocycles. The van der Waals surface area contributed by atoms with Gasteiger partial charge in [0.1, 0.15) is 6.04 Å². The molecule has 3 fully saturated rings. The van der Waals surface area contributed by atoms with Crippen LogP contribution in [0, 0.1) is 11.8 Å². The Balaban J connectivity index is 1.68. The first kappa shape index (κ1) is 30.2. The van der Waals surface area contributed by atoms with Gasteiger partial charge in [-0.05, 0) is 70.2 Å². The Kier molecular flexibility index (Phi) is 10.0. The molecule has 4 rings (SSSR count). The molecule has 40 heavy (non-hydrogen) atoms. The summed E-state index contributed by atoms with van der Waals surface area (Å²) in [6.45, 7) is 14.5. The Morgan fingerprint density at radius 1 is 1.15 bits per heavy atom. The predicted octanol–water partition coefficient (Wildman–Crippen LogP) is 4.03. The Labute approximate surface area is 242 Å². The van der Waals surface area contributed by atoms with E-state index in [1.807, 2.05) is 24.3 Å². The lowest BCUT2D eigenvalue weighted by Crippen LogP contribution is -2.55. The monoisotopic (exact) mass is 569 g/mol. The van der Waals surface area contributed by atoms with Crippen molar-refractivity contribution < 1.29 is 24.2 Å². The third-order valence-corrected chi connectivity index (χ3v) is 10.5. The number of anilines is 2. The first-order chi connectivity index (χ1) is 19.4. The van der Waals surface area contributed by atoms with E-state index < -0.39 is 22.6 Å². The maximum atomic E-state index is 14.6. The topological polar surface area (TPSA) is 90.4 Å². The highest BCUT2D eigenvalue weighted by atomic mass is 32.2. The Morgan fingerprint density at radius 3 is 2.48 bits per heavy atom. The summed E-state index contributed by atoms with van der Waals surface area (Å²) in [5.41, 5.74) is 1.84. The molecule has 3 saturated heterocycles. The number of amides is 2. The number of ether oxygens (including phenoxy) is 1. The maximum absolute atomic E-state index is 14.6. The average Bonchev–Trinajstić information content (AvgIpc) is 3.60. The van der Waals surface area contributed by atoms with Crippen LogP contribution in [-0.4, -0.2) is 83.2 Å². The fourth-order valence-corrected chi connectivity index (χ4v) is 8.91. The average molecular weight is 570 g/mol. The molecular weight excluding hydrogens is 526 g/mol. The first-order valence-electron chi connectivity index (χ1n) is 14.5. The molecule has 1 spiro atoms. The SMILES string of the molecule is C=CCCOC(=O)[C@@H]1[C@@H]2CCC3(S2)C(C(=O)N(CC=C)c2ccc(N(CC)CC)cc2)N(CCCCO)C(=O)[C@H]13. The standard InChI is InChI=1S/C31H43N3O5S/c1-5-9-21-39-30(38)25-24-16-17-31(40-24)26(25)28(36)34(19-10-11-20-35)27(31)29(37)33(18-6-2)23-14-12-22(13-15-23)32(7-3)8-4/h5-6,12-15,24-27,35H,1-2,7-11,16-21H2,3-4H3/t24-,25+,26-,27?,31?/m0/s1. The summed E-state index contributed by atoms with van der Waals surface area (Å²) < 4.78 is 4.89. The molecule has 1 aromatic carbocycles. The number of carbonyl (C=O) groups is 3.